The molecule has 1 aromatic rings. The number of sulfone groups is 1. The smallest absolute Gasteiger partial charge is 0.313 e. The van der Waals surface area contributed by atoms with Gasteiger partial charge < -0.3 is 10.2 Å². The van der Waals surface area contributed by atoms with E-state index in [9.17, 15) is 22.8 Å². The molecule has 7 nitrogen and oxygen atoms in total. The van der Waals surface area contributed by atoms with Crippen LogP contribution >= 0.6 is 0 Å². The Kier molecular flexibility index (Phi) is 4.84. The number of carbonyl (C=O) groups is 3. The molecular formula is C15H18N2O5S. The molecule has 0 aliphatic carbocycles. The van der Waals surface area contributed by atoms with Gasteiger partial charge in [0.15, 0.2) is 15.6 Å². The van der Waals surface area contributed by atoms with E-state index in [2.05, 4.69) is 5.32 Å². The zero-order chi connectivity index (χ0) is 17.2. The largest absolute Gasteiger partial charge is 0.333 e. The Hall–Kier alpha value is -2.22. The summed E-state index contributed by atoms with van der Waals surface area (Å²) in [6, 6.07) is 5.69. The first kappa shape index (κ1) is 17.1. The van der Waals surface area contributed by atoms with Gasteiger partial charge in [-0.05, 0) is 37.6 Å². The van der Waals surface area contributed by atoms with Gasteiger partial charge in [-0.1, -0.05) is 0 Å². The second-order valence-electron chi connectivity index (χ2n) is 5.56. The number of ketones is 1. The van der Waals surface area contributed by atoms with Gasteiger partial charge in [0.25, 0.3) is 0 Å². The zero-order valence-electron chi connectivity index (χ0n) is 12.9. The van der Waals surface area contributed by atoms with Gasteiger partial charge in [0.05, 0.1) is 11.5 Å². The molecule has 1 atom stereocenters. The lowest BCUT2D eigenvalue weighted by Gasteiger charge is -2.22. The van der Waals surface area contributed by atoms with E-state index >= 15 is 0 Å². The summed E-state index contributed by atoms with van der Waals surface area (Å²) >= 11 is 0. The van der Waals surface area contributed by atoms with E-state index in [1.54, 1.807) is 12.1 Å². The molecule has 1 N–H and O–H groups in total. The number of Topliss-reactive ketones (excluding diaryl/α,β-unsaturated/α-hetero) is 1. The quantitative estimate of drug-likeness (QED) is 0.638. The Morgan fingerprint density at radius 1 is 1.17 bits per heavy atom. The van der Waals surface area contributed by atoms with Crippen LogP contribution in [0.1, 0.15) is 23.7 Å². The van der Waals surface area contributed by atoms with Crippen molar-refractivity contribution in [2.45, 2.75) is 19.4 Å². The molecule has 1 aromatic carbocycles. The summed E-state index contributed by atoms with van der Waals surface area (Å²) in [6.45, 7) is 1.43. The minimum absolute atomic E-state index is 0.0312. The number of nitrogens with one attached hydrogen (secondary N) is 1. The normalized spacial score (nSPS) is 19.1. The van der Waals surface area contributed by atoms with Crippen LogP contribution in [-0.2, 0) is 19.4 Å². The van der Waals surface area contributed by atoms with E-state index in [1.807, 2.05) is 0 Å². The van der Waals surface area contributed by atoms with Crippen LogP contribution in [0, 0.1) is 0 Å². The molecule has 1 heterocycles. The molecule has 0 bridgehead atoms. The van der Waals surface area contributed by atoms with Crippen LogP contribution < -0.4 is 5.32 Å². The highest BCUT2D eigenvalue weighted by molar-refractivity contribution is 7.91. The third kappa shape index (κ3) is 4.16. The fourth-order valence-corrected chi connectivity index (χ4v) is 4.15. The van der Waals surface area contributed by atoms with Crippen LogP contribution in [0.2, 0.25) is 0 Å². The van der Waals surface area contributed by atoms with Crippen LogP contribution in [-0.4, -0.2) is 55.5 Å². The Morgan fingerprint density at radius 2 is 1.78 bits per heavy atom. The summed E-state index contributed by atoms with van der Waals surface area (Å²) in [5.74, 6) is -1.81. The van der Waals surface area contributed by atoms with E-state index in [0.717, 1.165) is 0 Å². The lowest BCUT2D eigenvalue weighted by Crippen LogP contribution is -2.43. The molecular weight excluding hydrogens is 320 g/mol. The molecule has 1 aliphatic rings. The third-order valence-electron chi connectivity index (χ3n) is 3.82. The van der Waals surface area contributed by atoms with Crippen molar-refractivity contribution in [2.24, 2.45) is 0 Å². The van der Waals surface area contributed by atoms with Crippen molar-refractivity contribution in [1.82, 2.24) is 4.90 Å². The first-order valence-electron chi connectivity index (χ1n) is 7.09. The van der Waals surface area contributed by atoms with Crippen molar-refractivity contribution >= 4 is 33.1 Å². The molecule has 124 valence electrons. The van der Waals surface area contributed by atoms with Crippen LogP contribution in [0.15, 0.2) is 24.3 Å². The molecule has 1 saturated heterocycles. The summed E-state index contributed by atoms with van der Waals surface area (Å²) in [6.07, 6.45) is 0.338. The van der Waals surface area contributed by atoms with E-state index in [1.165, 1.54) is 31.0 Å². The number of carbonyl (C=O) groups excluding carboxylic acids is 3. The monoisotopic (exact) mass is 338 g/mol. The highest BCUT2D eigenvalue weighted by Crippen LogP contribution is 2.17. The Balaban J connectivity index is 1.99. The van der Waals surface area contributed by atoms with Crippen molar-refractivity contribution in [1.29, 1.82) is 0 Å². The molecule has 1 unspecified atom stereocenters. The minimum Gasteiger partial charge on any atom is -0.333 e. The topological polar surface area (TPSA) is 101 Å². The zero-order valence-corrected chi connectivity index (χ0v) is 13.7. The lowest BCUT2D eigenvalue weighted by molar-refractivity contribution is -0.143. The highest BCUT2D eigenvalue weighted by atomic mass is 32.2. The van der Waals surface area contributed by atoms with Crippen LogP contribution in [0.4, 0.5) is 5.69 Å². The van der Waals surface area contributed by atoms with Crippen molar-refractivity contribution in [3.63, 3.8) is 0 Å². The summed E-state index contributed by atoms with van der Waals surface area (Å²) in [7, 11) is -1.71. The summed E-state index contributed by atoms with van der Waals surface area (Å²) in [5, 5.41) is 2.44. The predicted octanol–water partition coefficient (Wildman–Crippen LogP) is 0.473. The van der Waals surface area contributed by atoms with Crippen molar-refractivity contribution in [3.05, 3.63) is 29.8 Å². The van der Waals surface area contributed by atoms with Crippen LogP contribution in [0.5, 0.6) is 0 Å². The van der Waals surface area contributed by atoms with Crippen LogP contribution in [0.25, 0.3) is 0 Å². The Bertz CT molecular complexity index is 740. The van der Waals surface area contributed by atoms with E-state index in [-0.39, 0.29) is 17.3 Å². The van der Waals surface area contributed by atoms with Crippen molar-refractivity contribution in [3.8, 4) is 0 Å². The molecule has 2 rings (SSSR count). The van der Waals surface area contributed by atoms with Gasteiger partial charge >= 0.3 is 11.8 Å². The van der Waals surface area contributed by atoms with E-state index < -0.39 is 27.7 Å². The summed E-state index contributed by atoms with van der Waals surface area (Å²) in [5.41, 5.74) is 0.892. The molecule has 1 fully saturated rings. The second kappa shape index (κ2) is 6.49. The summed E-state index contributed by atoms with van der Waals surface area (Å²) in [4.78, 5) is 36.4. The SMILES string of the molecule is CC(=O)c1ccc(NC(=O)C(=O)N(C)C2CCS(=O)(=O)C2)cc1. The first-order chi connectivity index (χ1) is 10.7. The van der Waals surface area contributed by atoms with Gasteiger partial charge in [-0.25, -0.2) is 8.42 Å². The van der Waals surface area contributed by atoms with Gasteiger partial charge in [0, 0.05) is 24.3 Å². The Morgan fingerprint density at radius 3 is 2.26 bits per heavy atom. The maximum atomic E-state index is 12.1. The number of hydrogen-bond acceptors (Lipinski definition) is 5. The summed E-state index contributed by atoms with van der Waals surface area (Å²) < 4.78 is 22.9. The van der Waals surface area contributed by atoms with Gasteiger partial charge in [-0.3, -0.25) is 14.4 Å². The van der Waals surface area contributed by atoms with Crippen LogP contribution in [0.3, 0.4) is 0 Å². The maximum Gasteiger partial charge on any atom is 0.313 e. The second-order valence-corrected chi connectivity index (χ2v) is 7.79. The number of rotatable bonds is 3. The molecule has 0 aromatic heterocycles. The average Bonchev–Trinajstić information content (AvgIpc) is 2.86. The molecule has 0 radical (unpaired) electrons. The Labute approximate surface area is 134 Å². The van der Waals surface area contributed by atoms with Crippen molar-refractivity contribution < 1.29 is 22.8 Å². The van der Waals surface area contributed by atoms with Gasteiger partial charge in [-0.15, -0.1) is 0 Å². The molecule has 1 aliphatic heterocycles. The van der Waals surface area contributed by atoms with Gasteiger partial charge in [0.1, 0.15) is 0 Å². The lowest BCUT2D eigenvalue weighted by atomic mass is 10.1. The number of benzene rings is 1. The molecule has 0 spiro atoms. The number of anilines is 1. The van der Waals surface area contributed by atoms with Gasteiger partial charge in [-0.2, -0.15) is 0 Å². The molecule has 23 heavy (non-hydrogen) atoms. The number of hydrogen-bond donors (Lipinski definition) is 1. The van der Waals surface area contributed by atoms with Crippen molar-refractivity contribution in [2.75, 3.05) is 23.9 Å². The van der Waals surface area contributed by atoms with E-state index in [4.69, 9.17) is 0 Å². The third-order valence-corrected chi connectivity index (χ3v) is 5.57. The standard InChI is InChI=1S/C15H18N2O5S/c1-10(18)11-3-5-12(6-4-11)16-14(19)15(20)17(2)13-7-8-23(21,22)9-13/h3-6,13H,7-9H2,1-2H3,(H,16,19). The maximum absolute atomic E-state index is 12.1. The number of nitrogens with zero attached hydrogens (tertiary/aromatic N) is 1. The minimum atomic E-state index is -3.13. The molecule has 0 saturated carbocycles. The first-order valence-corrected chi connectivity index (χ1v) is 8.91. The highest BCUT2D eigenvalue weighted by Gasteiger charge is 2.34. The number of amides is 2. The fraction of sp³-hybridized carbons (Fsp3) is 0.400. The molecule has 8 heteroatoms. The average molecular weight is 338 g/mol. The van der Waals surface area contributed by atoms with Gasteiger partial charge in [0.2, 0.25) is 0 Å². The molecule has 2 amide bonds. The van der Waals surface area contributed by atoms with E-state index in [0.29, 0.717) is 17.7 Å². The fourth-order valence-electron chi connectivity index (χ4n) is 2.38. The number of likely N-dealkylation sites (N-methyl/N-ethyl adjacent to an activating group) is 1. The predicted molar refractivity (Wildman–Crippen MR) is 84.9 cm³/mol.